The molecule has 180 valence electrons. The lowest BCUT2D eigenvalue weighted by molar-refractivity contribution is 0.111. The Balaban J connectivity index is 1.76. The largest absolute Gasteiger partial charge is 0.387 e. The lowest BCUT2D eigenvalue weighted by Gasteiger charge is -2.26. The number of aromatic nitrogens is 1. The Morgan fingerprint density at radius 1 is 0.848 bits per heavy atom. The molecule has 3 rings (SSSR count). The quantitative estimate of drug-likeness (QED) is 0.180. The number of hydrogen-bond donors (Lipinski definition) is 1. The van der Waals surface area contributed by atoms with E-state index in [4.69, 9.17) is 11.6 Å². The first kappa shape index (κ1) is 25.9. The van der Waals surface area contributed by atoms with Crippen molar-refractivity contribution in [2.75, 3.05) is 19.6 Å². The number of aliphatic hydroxyl groups excluding tert-OH is 1. The Kier molecular flexibility index (Phi) is 10.9. The number of fused-ring (bicyclic) bond motifs is 3. The lowest BCUT2D eigenvalue weighted by atomic mass is 9.97. The summed E-state index contributed by atoms with van der Waals surface area (Å²) in [6.45, 7) is 7.29. The van der Waals surface area contributed by atoms with Gasteiger partial charge in [0, 0.05) is 28.7 Å². The molecule has 0 aliphatic carbocycles. The highest BCUT2D eigenvalue weighted by atomic mass is 35.5. The maximum Gasteiger partial charge on any atom is 0.0938 e. The van der Waals surface area contributed by atoms with E-state index in [0.717, 1.165) is 45.4 Å². The number of halogens is 1. The summed E-state index contributed by atoms with van der Waals surface area (Å²) in [4.78, 5) is 7.14. The molecule has 2 aromatic carbocycles. The Hall–Kier alpha value is -1.68. The SMILES string of the molecule is CCCCCCCN(CCCCCCC)C[C@H](O)c1cc2ccc(Cl)cc2c2cccnc12. The van der Waals surface area contributed by atoms with Crippen LogP contribution in [0.5, 0.6) is 0 Å². The summed E-state index contributed by atoms with van der Waals surface area (Å²) in [5, 5.41) is 15.3. The first-order chi connectivity index (χ1) is 16.1. The average molecular weight is 469 g/mol. The van der Waals surface area contributed by atoms with Crippen LogP contribution in [0.2, 0.25) is 5.02 Å². The Morgan fingerprint density at radius 3 is 2.18 bits per heavy atom. The maximum absolute atomic E-state index is 11.4. The van der Waals surface area contributed by atoms with Gasteiger partial charge in [-0.3, -0.25) is 4.98 Å². The molecule has 0 saturated carbocycles. The Labute approximate surface area is 205 Å². The van der Waals surface area contributed by atoms with Crippen LogP contribution in [0.25, 0.3) is 21.7 Å². The van der Waals surface area contributed by atoms with Gasteiger partial charge in [-0.05, 0) is 61.0 Å². The molecular weight excluding hydrogens is 428 g/mol. The summed E-state index contributed by atoms with van der Waals surface area (Å²) in [6, 6.07) is 12.1. The van der Waals surface area contributed by atoms with Gasteiger partial charge in [-0.2, -0.15) is 0 Å². The fourth-order valence-corrected chi connectivity index (χ4v) is 4.92. The molecule has 4 heteroatoms. The second-order valence-electron chi connectivity index (χ2n) is 9.38. The summed E-state index contributed by atoms with van der Waals surface area (Å²) in [5.41, 5.74) is 1.80. The molecule has 1 aromatic heterocycles. The minimum absolute atomic E-state index is 0.561. The van der Waals surface area contributed by atoms with Crippen molar-refractivity contribution in [3.05, 3.63) is 53.2 Å². The third-order valence-corrected chi connectivity index (χ3v) is 6.88. The zero-order valence-corrected chi connectivity index (χ0v) is 21.3. The minimum atomic E-state index is -0.561. The van der Waals surface area contributed by atoms with Crippen molar-refractivity contribution in [1.82, 2.24) is 9.88 Å². The zero-order chi connectivity index (χ0) is 23.5. The van der Waals surface area contributed by atoms with Crippen molar-refractivity contribution in [3.63, 3.8) is 0 Å². The fraction of sp³-hybridized carbons (Fsp3) is 0.552. The molecule has 0 fully saturated rings. The third-order valence-electron chi connectivity index (χ3n) is 6.64. The molecule has 3 aromatic rings. The van der Waals surface area contributed by atoms with Crippen LogP contribution in [0, 0.1) is 0 Å². The van der Waals surface area contributed by atoms with E-state index in [2.05, 4.69) is 35.9 Å². The number of nitrogens with zero attached hydrogens (tertiary/aromatic N) is 2. The highest BCUT2D eigenvalue weighted by Crippen LogP contribution is 2.32. The molecule has 0 amide bonds. The second kappa shape index (κ2) is 13.9. The summed E-state index contributed by atoms with van der Waals surface area (Å²) in [5.74, 6) is 0. The van der Waals surface area contributed by atoms with E-state index < -0.39 is 6.10 Å². The number of pyridine rings is 1. The van der Waals surface area contributed by atoms with E-state index in [9.17, 15) is 5.11 Å². The Bertz CT molecular complexity index is 976. The molecular formula is C29H41ClN2O. The summed E-state index contributed by atoms with van der Waals surface area (Å²) in [6.07, 6.45) is 14.0. The zero-order valence-electron chi connectivity index (χ0n) is 20.5. The van der Waals surface area contributed by atoms with Gasteiger partial charge in [-0.25, -0.2) is 0 Å². The van der Waals surface area contributed by atoms with Gasteiger partial charge in [0.2, 0.25) is 0 Å². The number of rotatable bonds is 15. The Morgan fingerprint density at radius 2 is 1.52 bits per heavy atom. The van der Waals surface area contributed by atoms with Gasteiger partial charge < -0.3 is 10.0 Å². The van der Waals surface area contributed by atoms with E-state index in [1.165, 1.54) is 64.2 Å². The number of hydrogen-bond acceptors (Lipinski definition) is 3. The van der Waals surface area contributed by atoms with E-state index in [1.54, 1.807) is 0 Å². The second-order valence-corrected chi connectivity index (χ2v) is 9.81. The van der Waals surface area contributed by atoms with Gasteiger partial charge in [0.05, 0.1) is 11.6 Å². The van der Waals surface area contributed by atoms with Gasteiger partial charge in [-0.1, -0.05) is 88.9 Å². The van der Waals surface area contributed by atoms with Gasteiger partial charge >= 0.3 is 0 Å². The van der Waals surface area contributed by atoms with Gasteiger partial charge in [0.25, 0.3) is 0 Å². The van der Waals surface area contributed by atoms with E-state index in [0.29, 0.717) is 6.54 Å². The summed E-state index contributed by atoms with van der Waals surface area (Å²) in [7, 11) is 0. The van der Waals surface area contributed by atoms with Crippen molar-refractivity contribution < 1.29 is 5.11 Å². The van der Waals surface area contributed by atoms with Gasteiger partial charge in [0.1, 0.15) is 0 Å². The molecule has 0 spiro atoms. The fourth-order valence-electron chi connectivity index (χ4n) is 4.75. The standard InChI is InChI=1S/C29H41ClN2O/c1-3-5-7-9-11-18-32(19-12-10-8-6-4-2)22-28(33)27-20-23-15-16-24(30)21-26(23)25-14-13-17-31-29(25)27/h13-17,20-21,28,33H,3-12,18-19,22H2,1-2H3/t28-/m0/s1. The van der Waals surface area contributed by atoms with Crippen LogP contribution in [0.3, 0.4) is 0 Å². The van der Waals surface area contributed by atoms with Crippen LogP contribution < -0.4 is 0 Å². The average Bonchev–Trinajstić information content (AvgIpc) is 2.83. The van der Waals surface area contributed by atoms with Crippen molar-refractivity contribution in [3.8, 4) is 0 Å². The third kappa shape index (κ3) is 7.67. The van der Waals surface area contributed by atoms with E-state index >= 15 is 0 Å². The molecule has 0 aliphatic heterocycles. The monoisotopic (exact) mass is 468 g/mol. The van der Waals surface area contributed by atoms with Crippen LogP contribution in [-0.2, 0) is 0 Å². The van der Waals surface area contributed by atoms with Gasteiger partial charge in [-0.15, -0.1) is 0 Å². The molecule has 0 radical (unpaired) electrons. The predicted molar refractivity (Wildman–Crippen MR) is 143 cm³/mol. The number of benzene rings is 2. The molecule has 0 aliphatic rings. The van der Waals surface area contributed by atoms with Crippen molar-refractivity contribution in [2.45, 2.75) is 84.2 Å². The van der Waals surface area contributed by atoms with Crippen LogP contribution >= 0.6 is 11.6 Å². The highest BCUT2D eigenvalue weighted by Gasteiger charge is 2.18. The molecule has 0 saturated heterocycles. The van der Waals surface area contributed by atoms with Gasteiger partial charge in [0.15, 0.2) is 0 Å². The summed E-state index contributed by atoms with van der Waals surface area (Å²) < 4.78 is 0. The van der Waals surface area contributed by atoms with Crippen molar-refractivity contribution in [2.24, 2.45) is 0 Å². The van der Waals surface area contributed by atoms with Crippen molar-refractivity contribution >= 4 is 33.3 Å². The molecule has 0 bridgehead atoms. The minimum Gasteiger partial charge on any atom is -0.387 e. The topological polar surface area (TPSA) is 36.4 Å². The molecule has 1 N–H and O–H groups in total. The predicted octanol–water partition coefficient (Wildman–Crippen LogP) is 8.32. The molecule has 1 heterocycles. The van der Waals surface area contributed by atoms with E-state index in [-0.39, 0.29) is 0 Å². The van der Waals surface area contributed by atoms with Crippen LogP contribution in [-0.4, -0.2) is 34.6 Å². The molecule has 1 atom stereocenters. The normalized spacial score (nSPS) is 12.8. The van der Waals surface area contributed by atoms with Crippen LogP contribution in [0.4, 0.5) is 0 Å². The van der Waals surface area contributed by atoms with Crippen molar-refractivity contribution in [1.29, 1.82) is 0 Å². The highest BCUT2D eigenvalue weighted by molar-refractivity contribution is 6.31. The molecule has 3 nitrogen and oxygen atoms in total. The first-order valence-corrected chi connectivity index (χ1v) is 13.4. The molecule has 33 heavy (non-hydrogen) atoms. The summed E-state index contributed by atoms with van der Waals surface area (Å²) >= 11 is 6.27. The number of aliphatic hydroxyl groups is 1. The maximum atomic E-state index is 11.4. The van der Waals surface area contributed by atoms with Crippen LogP contribution in [0.1, 0.15) is 89.7 Å². The lowest BCUT2D eigenvalue weighted by Crippen LogP contribution is -2.31. The smallest absolute Gasteiger partial charge is 0.0938 e. The first-order valence-electron chi connectivity index (χ1n) is 13.0. The van der Waals surface area contributed by atoms with E-state index in [1.807, 2.05) is 30.5 Å². The number of unbranched alkanes of at least 4 members (excludes halogenated alkanes) is 8. The van der Waals surface area contributed by atoms with Crippen LogP contribution in [0.15, 0.2) is 42.6 Å². The molecule has 0 unspecified atom stereocenters.